The van der Waals surface area contributed by atoms with Crippen molar-refractivity contribution in [2.75, 3.05) is 0 Å². The van der Waals surface area contributed by atoms with Crippen molar-refractivity contribution in [3.05, 3.63) is 51.8 Å². The van der Waals surface area contributed by atoms with Crippen LogP contribution in [0.1, 0.15) is 38.3 Å². The van der Waals surface area contributed by atoms with Crippen molar-refractivity contribution in [2.24, 2.45) is 0 Å². The summed E-state index contributed by atoms with van der Waals surface area (Å²) in [6, 6.07) is 3.83. The first kappa shape index (κ1) is 11.6. The maximum absolute atomic E-state index is 12.4. The first-order valence-corrected chi connectivity index (χ1v) is 5.64. The zero-order valence-corrected chi connectivity index (χ0v) is 10.6. The molecule has 3 heteroatoms. The smallest absolute Gasteiger partial charge is 0.211 e. The van der Waals surface area contributed by atoms with Crippen molar-refractivity contribution in [3.8, 4) is 0 Å². The topological polar surface area (TPSA) is 45.8 Å². The molecule has 1 N–H and O–H groups in total. The molecule has 1 heterocycles. The number of H-pyrrole nitrogens is 1. The number of ketones is 1. The second kappa shape index (κ2) is 4.17. The van der Waals surface area contributed by atoms with Crippen LogP contribution in [0.4, 0.5) is 0 Å². The van der Waals surface area contributed by atoms with Gasteiger partial charge in [-0.15, -0.1) is 0 Å². The van der Waals surface area contributed by atoms with E-state index < -0.39 is 0 Å². The van der Waals surface area contributed by atoms with Crippen molar-refractivity contribution < 1.29 is 4.79 Å². The molecule has 0 radical (unpaired) electrons. The molecule has 0 saturated carbocycles. The van der Waals surface area contributed by atoms with Gasteiger partial charge in [0, 0.05) is 11.8 Å². The number of rotatable bonds is 2. The van der Waals surface area contributed by atoms with Crippen molar-refractivity contribution >= 4 is 5.78 Å². The van der Waals surface area contributed by atoms with Gasteiger partial charge >= 0.3 is 0 Å². The number of aromatic amines is 1. The minimum absolute atomic E-state index is 0.0179. The second-order valence-corrected chi connectivity index (χ2v) is 4.43. The van der Waals surface area contributed by atoms with E-state index in [-0.39, 0.29) is 5.78 Å². The number of nitrogens with one attached hydrogen (secondary N) is 1. The largest absolute Gasteiger partial charge is 0.287 e. The summed E-state index contributed by atoms with van der Waals surface area (Å²) in [6.07, 6.45) is 1.60. The fourth-order valence-corrected chi connectivity index (χ4v) is 2.07. The Hall–Kier alpha value is -1.90. The van der Waals surface area contributed by atoms with Crippen LogP contribution in [0.5, 0.6) is 0 Å². The third-order valence-electron chi connectivity index (χ3n) is 3.34. The van der Waals surface area contributed by atoms with Gasteiger partial charge < -0.3 is 0 Å². The molecule has 17 heavy (non-hydrogen) atoms. The predicted molar refractivity (Wildman–Crippen MR) is 67.4 cm³/mol. The number of carbonyl (C=O) groups is 1. The predicted octanol–water partition coefficient (Wildman–Crippen LogP) is 2.87. The van der Waals surface area contributed by atoms with Crippen molar-refractivity contribution in [3.63, 3.8) is 0 Å². The first-order chi connectivity index (χ1) is 8.02. The Morgan fingerprint density at radius 1 is 1.12 bits per heavy atom. The maximum Gasteiger partial charge on any atom is 0.211 e. The zero-order chi connectivity index (χ0) is 12.6. The monoisotopic (exact) mass is 228 g/mol. The summed E-state index contributed by atoms with van der Waals surface area (Å²) in [6.45, 7) is 8.05. The quantitative estimate of drug-likeness (QED) is 0.803. The number of carbonyl (C=O) groups excluding carboxylic acids is 1. The summed E-state index contributed by atoms with van der Waals surface area (Å²) in [5.41, 5.74) is 5.74. The van der Waals surface area contributed by atoms with E-state index in [1.165, 1.54) is 0 Å². The normalized spacial score (nSPS) is 10.6. The molecule has 0 unspecified atom stereocenters. The molecule has 0 aliphatic rings. The second-order valence-electron chi connectivity index (χ2n) is 4.43. The maximum atomic E-state index is 12.4. The summed E-state index contributed by atoms with van der Waals surface area (Å²) in [5.74, 6) is 0.0179. The van der Waals surface area contributed by atoms with Gasteiger partial charge in [0.2, 0.25) is 5.78 Å². The SMILES string of the molecule is Cc1cc(C)c(C)c(C(=O)c2ccn[nH]2)c1C. The molecule has 2 aromatic rings. The van der Waals surface area contributed by atoms with Gasteiger partial charge in [0.1, 0.15) is 5.69 Å². The number of nitrogens with zero attached hydrogens (tertiary/aromatic N) is 1. The molecular weight excluding hydrogens is 212 g/mol. The zero-order valence-electron chi connectivity index (χ0n) is 10.6. The van der Waals surface area contributed by atoms with Gasteiger partial charge in [0.15, 0.2) is 0 Å². The number of hydrogen-bond donors (Lipinski definition) is 1. The van der Waals surface area contributed by atoms with Gasteiger partial charge in [0.25, 0.3) is 0 Å². The van der Waals surface area contributed by atoms with Crippen molar-refractivity contribution in [2.45, 2.75) is 27.7 Å². The van der Waals surface area contributed by atoms with Crippen LogP contribution in [-0.4, -0.2) is 16.0 Å². The Bertz CT molecular complexity index is 542. The molecule has 0 atom stereocenters. The standard InChI is InChI=1S/C14H16N2O/c1-8-7-9(2)11(4)13(10(8)3)14(17)12-5-6-15-16-12/h5-7H,1-4H3,(H,15,16). The molecule has 88 valence electrons. The molecule has 0 amide bonds. The Kier molecular flexibility index (Phi) is 2.84. The van der Waals surface area contributed by atoms with Crippen LogP contribution in [0.3, 0.4) is 0 Å². The van der Waals surface area contributed by atoms with Crippen LogP contribution in [0.25, 0.3) is 0 Å². The summed E-state index contributed by atoms with van der Waals surface area (Å²) in [7, 11) is 0. The molecule has 0 saturated heterocycles. The number of aryl methyl sites for hydroxylation is 2. The first-order valence-electron chi connectivity index (χ1n) is 5.64. The van der Waals surface area contributed by atoms with Gasteiger partial charge in [-0.1, -0.05) is 6.07 Å². The number of hydrogen-bond acceptors (Lipinski definition) is 2. The highest BCUT2D eigenvalue weighted by atomic mass is 16.1. The molecule has 3 nitrogen and oxygen atoms in total. The molecular formula is C14H16N2O. The van der Waals surface area contributed by atoms with Gasteiger partial charge in [-0.25, -0.2) is 0 Å². The molecule has 0 spiro atoms. The lowest BCUT2D eigenvalue weighted by atomic mass is 9.91. The lowest BCUT2D eigenvalue weighted by Gasteiger charge is -2.13. The van der Waals surface area contributed by atoms with Crippen LogP contribution in [0.15, 0.2) is 18.3 Å². The summed E-state index contributed by atoms with van der Waals surface area (Å²) >= 11 is 0. The van der Waals surface area contributed by atoms with Gasteiger partial charge in [-0.2, -0.15) is 5.10 Å². The van der Waals surface area contributed by atoms with Gasteiger partial charge in [0.05, 0.1) is 0 Å². The molecule has 2 rings (SSSR count). The highest BCUT2D eigenvalue weighted by molar-refractivity contribution is 6.09. The van der Waals surface area contributed by atoms with E-state index in [0.29, 0.717) is 5.69 Å². The van der Waals surface area contributed by atoms with E-state index in [0.717, 1.165) is 27.8 Å². The minimum atomic E-state index is 0.0179. The van der Waals surface area contributed by atoms with E-state index in [1.807, 2.05) is 27.7 Å². The fourth-order valence-electron chi connectivity index (χ4n) is 2.07. The van der Waals surface area contributed by atoms with E-state index >= 15 is 0 Å². The number of benzene rings is 1. The van der Waals surface area contributed by atoms with Crippen LogP contribution in [0, 0.1) is 27.7 Å². The Balaban J connectivity index is 2.63. The van der Waals surface area contributed by atoms with E-state index in [2.05, 4.69) is 16.3 Å². The molecule has 0 aliphatic carbocycles. The third kappa shape index (κ3) is 1.88. The fraction of sp³-hybridized carbons (Fsp3) is 0.286. The Labute approximate surface area is 101 Å². The summed E-state index contributed by atoms with van der Waals surface area (Å²) in [4.78, 5) is 12.4. The summed E-state index contributed by atoms with van der Waals surface area (Å²) in [5, 5.41) is 6.56. The highest BCUT2D eigenvalue weighted by Gasteiger charge is 2.18. The third-order valence-corrected chi connectivity index (χ3v) is 3.34. The molecule has 1 aromatic heterocycles. The van der Waals surface area contributed by atoms with Gasteiger partial charge in [-0.05, 0) is 56.0 Å². The molecule has 0 aliphatic heterocycles. The molecule has 1 aromatic carbocycles. The van der Waals surface area contributed by atoms with Crippen LogP contribution in [0.2, 0.25) is 0 Å². The van der Waals surface area contributed by atoms with E-state index in [9.17, 15) is 4.79 Å². The lowest BCUT2D eigenvalue weighted by Crippen LogP contribution is -2.09. The lowest BCUT2D eigenvalue weighted by molar-refractivity contribution is 0.103. The minimum Gasteiger partial charge on any atom is -0.287 e. The van der Waals surface area contributed by atoms with Crippen LogP contribution >= 0.6 is 0 Å². The van der Waals surface area contributed by atoms with Crippen LogP contribution < -0.4 is 0 Å². The number of aromatic nitrogens is 2. The van der Waals surface area contributed by atoms with E-state index in [1.54, 1.807) is 12.3 Å². The molecule has 0 fully saturated rings. The Morgan fingerprint density at radius 2 is 1.71 bits per heavy atom. The summed E-state index contributed by atoms with van der Waals surface area (Å²) < 4.78 is 0. The van der Waals surface area contributed by atoms with Crippen molar-refractivity contribution in [1.82, 2.24) is 10.2 Å². The average molecular weight is 228 g/mol. The van der Waals surface area contributed by atoms with E-state index in [4.69, 9.17) is 0 Å². The van der Waals surface area contributed by atoms with Crippen molar-refractivity contribution in [1.29, 1.82) is 0 Å². The molecule has 0 bridgehead atoms. The highest BCUT2D eigenvalue weighted by Crippen LogP contribution is 2.23. The average Bonchev–Trinajstić information content (AvgIpc) is 2.80. The Morgan fingerprint density at radius 3 is 2.18 bits per heavy atom. The van der Waals surface area contributed by atoms with Gasteiger partial charge in [-0.3, -0.25) is 9.89 Å². The van der Waals surface area contributed by atoms with Crippen LogP contribution in [-0.2, 0) is 0 Å².